The van der Waals surface area contributed by atoms with Gasteiger partial charge in [-0.05, 0) is 51.4 Å². The summed E-state index contributed by atoms with van der Waals surface area (Å²) in [6, 6.07) is 0. The highest BCUT2D eigenvalue weighted by Crippen LogP contribution is 2.47. The van der Waals surface area contributed by atoms with Gasteiger partial charge in [-0.3, -0.25) is 13.8 Å². The first-order valence-electron chi connectivity index (χ1n) is 23.1. The van der Waals surface area contributed by atoms with Gasteiger partial charge in [-0.1, -0.05) is 171 Å². The summed E-state index contributed by atoms with van der Waals surface area (Å²) in [5, 5.41) is 50.2. The highest BCUT2D eigenvalue weighted by molar-refractivity contribution is 7.47. The summed E-state index contributed by atoms with van der Waals surface area (Å²) in [6.45, 7) is 4.09. The number of unbranched alkanes of at least 4 members (excludes halogenated alkanes) is 16. The Labute approximate surface area is 362 Å². The van der Waals surface area contributed by atoms with Crippen molar-refractivity contribution in [2.45, 2.75) is 211 Å². The Morgan fingerprint density at radius 2 is 0.967 bits per heavy atom. The van der Waals surface area contributed by atoms with Crippen LogP contribution in [0.4, 0.5) is 0 Å². The van der Waals surface area contributed by atoms with Crippen molar-refractivity contribution in [1.82, 2.24) is 0 Å². The second-order valence-electron chi connectivity index (χ2n) is 15.9. The number of aliphatic hydroxyl groups is 5. The zero-order valence-electron chi connectivity index (χ0n) is 37.0. The van der Waals surface area contributed by atoms with E-state index in [0.717, 1.165) is 51.4 Å². The lowest BCUT2D eigenvalue weighted by Crippen LogP contribution is -2.64. The first-order chi connectivity index (χ1) is 29.0. The van der Waals surface area contributed by atoms with Gasteiger partial charge in [-0.15, -0.1) is 0 Å². The number of allylic oxidation sites excluding steroid dienone is 10. The van der Waals surface area contributed by atoms with Crippen LogP contribution in [0.1, 0.15) is 168 Å². The third-order valence-electron chi connectivity index (χ3n) is 10.4. The van der Waals surface area contributed by atoms with Crippen LogP contribution in [-0.2, 0) is 27.9 Å². The van der Waals surface area contributed by atoms with Gasteiger partial charge in [0.25, 0.3) is 0 Å². The van der Waals surface area contributed by atoms with Crippen molar-refractivity contribution < 1.29 is 58.3 Å². The van der Waals surface area contributed by atoms with Crippen molar-refractivity contribution in [2.75, 3.05) is 19.8 Å². The number of esters is 1. The Morgan fingerprint density at radius 3 is 1.43 bits per heavy atom. The average molecular weight is 871 g/mol. The molecule has 13 heteroatoms. The van der Waals surface area contributed by atoms with Crippen LogP contribution < -0.4 is 0 Å². The van der Waals surface area contributed by atoms with Gasteiger partial charge in [0.15, 0.2) is 0 Å². The Hall–Kier alpha value is -1.96. The summed E-state index contributed by atoms with van der Waals surface area (Å²) in [6.07, 6.45) is 34.4. The molecule has 0 spiro atoms. The fourth-order valence-corrected chi connectivity index (χ4v) is 7.72. The van der Waals surface area contributed by atoms with Gasteiger partial charge in [0.1, 0.15) is 42.7 Å². The molecule has 0 aromatic rings. The third kappa shape index (κ3) is 29.4. The molecule has 12 nitrogen and oxygen atoms in total. The lowest BCUT2D eigenvalue weighted by atomic mass is 9.85. The summed E-state index contributed by atoms with van der Waals surface area (Å²) in [5.74, 6) is -0.533. The highest BCUT2D eigenvalue weighted by Gasteiger charge is 2.51. The Kier molecular flexibility index (Phi) is 35.1. The molecular weight excluding hydrogens is 787 g/mol. The van der Waals surface area contributed by atoms with E-state index in [1.54, 1.807) is 0 Å². The maximum atomic E-state index is 12.8. The van der Waals surface area contributed by atoms with Crippen molar-refractivity contribution in [3.05, 3.63) is 60.8 Å². The number of phosphoric ester groups is 1. The number of hydrogen-bond donors (Lipinski definition) is 6. The molecule has 0 aliphatic heterocycles. The molecule has 0 heterocycles. The SMILES string of the molecule is CC/C=C\C/C=C\C/C=C\C/C=C\C/C=C\CCCC(=O)OC(COCCCCCCCCCCCCCCCCCC)COP(=O)(O)OC1C(O)C(O)C(O)C(O)C1O. The van der Waals surface area contributed by atoms with Crippen LogP contribution in [0.15, 0.2) is 60.8 Å². The van der Waals surface area contributed by atoms with Crippen molar-refractivity contribution in [1.29, 1.82) is 0 Å². The standard InChI is InChI=1S/C47H83O12P/c1-3-5-7-9-11-13-15-17-19-21-22-24-26-28-30-32-34-36-41(48)58-40(39-57-60(54,55)59-47-45(52)43(50)42(49)44(51)46(47)53)38-56-37-35-33-31-29-27-25-23-20-18-16-14-12-10-8-6-4-2/h5,7,11,13,17,19,22,24,28,30,40,42-47,49-53H,3-4,6,8-10,12,14-16,18,20-21,23,25-27,29,31-39H2,1-2H3,(H,54,55)/b7-5-,13-11-,19-17-,24-22-,30-28-. The quantitative estimate of drug-likeness (QED) is 0.0149. The van der Waals surface area contributed by atoms with Crippen molar-refractivity contribution in [3.8, 4) is 0 Å². The number of hydrogen-bond acceptors (Lipinski definition) is 11. The van der Waals surface area contributed by atoms with E-state index in [4.69, 9.17) is 18.5 Å². The second kappa shape index (κ2) is 37.6. The van der Waals surface area contributed by atoms with E-state index in [-0.39, 0.29) is 13.0 Å². The number of rotatable bonds is 38. The normalized spacial score (nSPS) is 22.9. The summed E-state index contributed by atoms with van der Waals surface area (Å²) >= 11 is 0. The maximum absolute atomic E-state index is 12.8. The number of ether oxygens (including phenoxy) is 2. The molecule has 0 amide bonds. The summed E-state index contributed by atoms with van der Waals surface area (Å²) in [4.78, 5) is 23.1. The van der Waals surface area contributed by atoms with Crippen LogP contribution >= 0.6 is 7.82 Å². The van der Waals surface area contributed by atoms with Crippen molar-refractivity contribution in [3.63, 3.8) is 0 Å². The average Bonchev–Trinajstić information content (AvgIpc) is 3.23. The molecular formula is C47H83O12P. The van der Waals surface area contributed by atoms with Gasteiger partial charge in [0.05, 0.1) is 13.2 Å². The maximum Gasteiger partial charge on any atom is 0.472 e. The van der Waals surface area contributed by atoms with E-state index in [1.807, 2.05) is 12.2 Å². The predicted molar refractivity (Wildman–Crippen MR) is 239 cm³/mol. The van der Waals surface area contributed by atoms with Gasteiger partial charge in [-0.2, -0.15) is 0 Å². The molecule has 0 bridgehead atoms. The first kappa shape index (κ1) is 56.1. The first-order valence-corrected chi connectivity index (χ1v) is 24.6. The van der Waals surface area contributed by atoms with E-state index < -0.39 is 63.1 Å². The fraction of sp³-hybridized carbons (Fsp3) is 0.766. The van der Waals surface area contributed by atoms with Crippen LogP contribution in [0.2, 0.25) is 0 Å². The summed E-state index contributed by atoms with van der Waals surface area (Å²) in [5.41, 5.74) is 0. The molecule has 1 aliphatic carbocycles. The van der Waals surface area contributed by atoms with Crippen LogP contribution in [0.5, 0.6) is 0 Å². The summed E-state index contributed by atoms with van der Waals surface area (Å²) < 4.78 is 34.1. The van der Waals surface area contributed by atoms with E-state index in [9.17, 15) is 39.8 Å². The van der Waals surface area contributed by atoms with Crippen LogP contribution in [0, 0.1) is 0 Å². The van der Waals surface area contributed by atoms with Crippen molar-refractivity contribution in [2.24, 2.45) is 0 Å². The highest BCUT2D eigenvalue weighted by atomic mass is 31.2. The lowest BCUT2D eigenvalue weighted by Gasteiger charge is -2.41. The zero-order valence-corrected chi connectivity index (χ0v) is 37.9. The number of carbonyl (C=O) groups excluding carboxylic acids is 1. The van der Waals surface area contributed by atoms with E-state index in [0.29, 0.717) is 19.4 Å². The topological polar surface area (TPSA) is 192 Å². The summed E-state index contributed by atoms with van der Waals surface area (Å²) in [7, 11) is -5.03. The minimum Gasteiger partial charge on any atom is -0.457 e. The molecule has 1 aliphatic rings. The minimum atomic E-state index is -5.03. The van der Waals surface area contributed by atoms with Crippen LogP contribution in [0.3, 0.4) is 0 Å². The number of carbonyl (C=O) groups is 1. The Morgan fingerprint density at radius 1 is 0.550 bits per heavy atom. The number of phosphoric acid groups is 1. The molecule has 6 unspecified atom stereocenters. The molecule has 1 fully saturated rings. The molecule has 1 saturated carbocycles. The smallest absolute Gasteiger partial charge is 0.457 e. The molecule has 60 heavy (non-hydrogen) atoms. The molecule has 0 saturated heterocycles. The molecule has 348 valence electrons. The predicted octanol–water partition coefficient (Wildman–Crippen LogP) is 9.42. The van der Waals surface area contributed by atoms with E-state index >= 15 is 0 Å². The monoisotopic (exact) mass is 871 g/mol. The Bertz CT molecular complexity index is 1220. The Balaban J connectivity index is 2.44. The second-order valence-corrected chi connectivity index (χ2v) is 17.3. The molecule has 1 rings (SSSR count). The van der Waals surface area contributed by atoms with Gasteiger partial charge >= 0.3 is 13.8 Å². The van der Waals surface area contributed by atoms with Gasteiger partial charge in [-0.25, -0.2) is 4.57 Å². The lowest BCUT2D eigenvalue weighted by molar-refractivity contribution is -0.220. The van der Waals surface area contributed by atoms with E-state index in [2.05, 4.69) is 62.5 Å². The molecule has 0 radical (unpaired) electrons. The minimum absolute atomic E-state index is 0.0997. The number of aliphatic hydroxyl groups excluding tert-OH is 5. The third-order valence-corrected chi connectivity index (χ3v) is 11.4. The van der Waals surface area contributed by atoms with E-state index in [1.165, 1.54) is 83.5 Å². The molecule has 0 aromatic carbocycles. The van der Waals surface area contributed by atoms with Gasteiger partial charge < -0.3 is 39.9 Å². The van der Waals surface area contributed by atoms with Gasteiger partial charge in [0.2, 0.25) is 0 Å². The molecule has 6 atom stereocenters. The van der Waals surface area contributed by atoms with Crippen LogP contribution in [-0.4, -0.2) is 98.9 Å². The van der Waals surface area contributed by atoms with Crippen LogP contribution in [0.25, 0.3) is 0 Å². The largest absolute Gasteiger partial charge is 0.472 e. The van der Waals surface area contributed by atoms with Crippen molar-refractivity contribution >= 4 is 13.8 Å². The zero-order chi connectivity index (χ0) is 44.1. The molecule has 6 N–H and O–H groups in total. The van der Waals surface area contributed by atoms with Gasteiger partial charge in [0, 0.05) is 13.0 Å². The fourth-order valence-electron chi connectivity index (χ4n) is 6.74. The molecule has 0 aromatic heterocycles.